The van der Waals surface area contributed by atoms with E-state index in [1.54, 1.807) is 0 Å². The number of hydrogen-bond donors (Lipinski definition) is 6. The quantitative estimate of drug-likeness (QED) is 0.112. The lowest BCUT2D eigenvalue weighted by molar-refractivity contribution is -0.131. The molecule has 0 bridgehead atoms. The zero-order valence-corrected chi connectivity index (χ0v) is 30.0. The van der Waals surface area contributed by atoms with Gasteiger partial charge in [0.1, 0.15) is 12.6 Å². The number of alkyl carbamates (subject to hydrolysis) is 1. The summed E-state index contributed by atoms with van der Waals surface area (Å²) in [6.45, 7) is 12.2. The number of amides is 4. The van der Waals surface area contributed by atoms with Crippen molar-refractivity contribution in [2.24, 2.45) is 17.8 Å². The first-order valence-corrected chi connectivity index (χ1v) is 17.5. The van der Waals surface area contributed by atoms with Crippen LogP contribution in [0, 0.1) is 17.8 Å². The van der Waals surface area contributed by atoms with Crippen LogP contribution in [0.2, 0.25) is 0 Å². The molecule has 4 amide bonds. The van der Waals surface area contributed by atoms with Gasteiger partial charge in [-0.25, -0.2) is 4.79 Å². The molecule has 11 nitrogen and oxygen atoms in total. The Hall–Kier alpha value is -3.96. The second kappa shape index (κ2) is 21.9. The van der Waals surface area contributed by atoms with Gasteiger partial charge in [-0.2, -0.15) is 0 Å². The third-order valence-electron chi connectivity index (χ3n) is 7.97. The highest BCUT2D eigenvalue weighted by molar-refractivity contribution is 5.87. The summed E-state index contributed by atoms with van der Waals surface area (Å²) in [5.41, 5.74) is 1.78. The number of ether oxygens (including phenoxy) is 1. The molecule has 272 valence electrons. The summed E-state index contributed by atoms with van der Waals surface area (Å²) in [5, 5.41) is 33.3. The van der Waals surface area contributed by atoms with E-state index in [1.807, 2.05) is 102 Å². The van der Waals surface area contributed by atoms with Crippen LogP contribution in [0.15, 0.2) is 60.7 Å². The zero-order valence-electron chi connectivity index (χ0n) is 30.0. The first-order chi connectivity index (χ1) is 23.2. The van der Waals surface area contributed by atoms with Gasteiger partial charge in [0.2, 0.25) is 17.7 Å². The van der Waals surface area contributed by atoms with Crippen LogP contribution < -0.4 is 21.3 Å². The normalized spacial score (nSPS) is 14.4. The Kier molecular flexibility index (Phi) is 18.4. The molecular weight excluding hydrogens is 624 g/mol. The second-order valence-corrected chi connectivity index (χ2v) is 14.1. The number of benzene rings is 2. The molecule has 2 unspecified atom stereocenters. The highest BCUT2D eigenvalue weighted by atomic mass is 16.5. The molecule has 0 radical (unpaired) electrons. The Morgan fingerprint density at radius 2 is 1.18 bits per heavy atom. The molecule has 0 aromatic heterocycles. The molecule has 5 atom stereocenters. The summed E-state index contributed by atoms with van der Waals surface area (Å²) >= 11 is 0. The van der Waals surface area contributed by atoms with Crippen LogP contribution >= 0.6 is 0 Å². The lowest BCUT2D eigenvalue weighted by Gasteiger charge is -2.28. The van der Waals surface area contributed by atoms with Crippen LogP contribution in [-0.4, -0.2) is 64.4 Å². The van der Waals surface area contributed by atoms with Crippen LogP contribution in [0.1, 0.15) is 91.2 Å². The molecule has 0 heterocycles. The predicted molar refractivity (Wildman–Crippen MR) is 190 cm³/mol. The number of carbonyl (C=O) groups is 4. The largest absolute Gasteiger partial charge is 0.445 e. The standard InChI is InChI=1S/C38H58N4O7/c1-25(2)19-30(42-38(48)49-24-29-15-11-8-12-16-29)33(43)17-18-35(45)40-31(20-26(3)4)34(44)22-36(46)41-32(21-27(5)6)37(47)39-23-28-13-9-7-10-14-28/h7-16,25-27,30-34,43-44H,17-24H2,1-6H3,(H,39,47)(H,40,45)(H,41,46)(H,42,48)/t30-,31-,32-,33?,34?/m0/s1. The summed E-state index contributed by atoms with van der Waals surface area (Å²) in [7, 11) is 0. The van der Waals surface area contributed by atoms with Gasteiger partial charge in [0.25, 0.3) is 0 Å². The molecule has 11 heteroatoms. The van der Waals surface area contributed by atoms with Crippen molar-refractivity contribution in [2.75, 3.05) is 0 Å². The molecule has 0 saturated carbocycles. The average molecular weight is 683 g/mol. The van der Waals surface area contributed by atoms with Crippen molar-refractivity contribution in [3.8, 4) is 0 Å². The van der Waals surface area contributed by atoms with Gasteiger partial charge >= 0.3 is 6.09 Å². The molecule has 2 aromatic carbocycles. The fourth-order valence-corrected chi connectivity index (χ4v) is 5.51. The molecular formula is C38H58N4O7. The third kappa shape index (κ3) is 17.3. The first kappa shape index (κ1) is 41.2. The van der Waals surface area contributed by atoms with Crippen LogP contribution in [0.4, 0.5) is 4.79 Å². The average Bonchev–Trinajstić information content (AvgIpc) is 3.04. The maximum absolute atomic E-state index is 13.1. The van der Waals surface area contributed by atoms with E-state index in [2.05, 4.69) is 21.3 Å². The van der Waals surface area contributed by atoms with Crippen molar-refractivity contribution >= 4 is 23.8 Å². The molecule has 0 fully saturated rings. The van der Waals surface area contributed by atoms with E-state index in [4.69, 9.17) is 4.74 Å². The minimum atomic E-state index is -1.20. The number of aliphatic hydroxyl groups is 2. The van der Waals surface area contributed by atoms with Gasteiger partial charge in [0.05, 0.1) is 30.7 Å². The molecule has 49 heavy (non-hydrogen) atoms. The summed E-state index contributed by atoms with van der Waals surface area (Å²) in [6.07, 6.45) is -1.82. The fraction of sp³-hybridized carbons (Fsp3) is 0.579. The van der Waals surface area contributed by atoms with Gasteiger partial charge in [0.15, 0.2) is 0 Å². The molecule has 2 rings (SSSR count). The Morgan fingerprint density at radius 3 is 1.73 bits per heavy atom. The molecule has 6 N–H and O–H groups in total. The van der Waals surface area contributed by atoms with E-state index in [9.17, 15) is 29.4 Å². The zero-order chi connectivity index (χ0) is 36.3. The molecule has 0 aliphatic carbocycles. The number of rotatable bonds is 21. The monoisotopic (exact) mass is 682 g/mol. The third-order valence-corrected chi connectivity index (χ3v) is 7.97. The number of carbonyl (C=O) groups excluding carboxylic acids is 4. The van der Waals surface area contributed by atoms with Crippen molar-refractivity contribution < 1.29 is 34.1 Å². The van der Waals surface area contributed by atoms with E-state index in [0.29, 0.717) is 25.8 Å². The summed E-state index contributed by atoms with van der Waals surface area (Å²) in [5.74, 6) is -0.787. The van der Waals surface area contributed by atoms with Gasteiger partial charge < -0.3 is 36.2 Å². The summed E-state index contributed by atoms with van der Waals surface area (Å²) in [4.78, 5) is 51.6. The van der Waals surface area contributed by atoms with Crippen LogP contribution in [0.3, 0.4) is 0 Å². The van der Waals surface area contributed by atoms with Crippen LogP contribution in [0.25, 0.3) is 0 Å². The van der Waals surface area contributed by atoms with E-state index < -0.39 is 48.2 Å². The van der Waals surface area contributed by atoms with Crippen molar-refractivity contribution in [3.63, 3.8) is 0 Å². The van der Waals surface area contributed by atoms with Crippen molar-refractivity contribution in [3.05, 3.63) is 71.8 Å². The Balaban J connectivity index is 1.93. The minimum Gasteiger partial charge on any atom is -0.445 e. The van der Waals surface area contributed by atoms with Gasteiger partial charge in [-0.05, 0) is 54.6 Å². The van der Waals surface area contributed by atoms with E-state index in [0.717, 1.165) is 11.1 Å². The summed E-state index contributed by atoms with van der Waals surface area (Å²) in [6, 6.07) is 16.6. The number of hydrogen-bond acceptors (Lipinski definition) is 7. The lowest BCUT2D eigenvalue weighted by atomic mass is 9.95. The highest BCUT2D eigenvalue weighted by Crippen LogP contribution is 2.16. The van der Waals surface area contributed by atoms with Crippen molar-refractivity contribution in [1.82, 2.24) is 21.3 Å². The van der Waals surface area contributed by atoms with Gasteiger partial charge in [0, 0.05) is 13.0 Å². The van der Waals surface area contributed by atoms with E-state index >= 15 is 0 Å². The lowest BCUT2D eigenvalue weighted by Crippen LogP contribution is -2.50. The van der Waals surface area contributed by atoms with Gasteiger partial charge in [-0.15, -0.1) is 0 Å². The van der Waals surface area contributed by atoms with E-state index in [1.165, 1.54) is 0 Å². The maximum Gasteiger partial charge on any atom is 0.407 e. The van der Waals surface area contributed by atoms with Crippen molar-refractivity contribution in [1.29, 1.82) is 0 Å². The Bertz CT molecular complexity index is 1270. The molecule has 0 aliphatic heterocycles. The molecule has 0 spiro atoms. The fourth-order valence-electron chi connectivity index (χ4n) is 5.51. The van der Waals surface area contributed by atoms with Crippen LogP contribution in [-0.2, 0) is 32.3 Å². The number of aliphatic hydroxyl groups excluding tert-OH is 2. The number of nitrogens with one attached hydrogen (secondary N) is 4. The Morgan fingerprint density at radius 1 is 0.653 bits per heavy atom. The van der Waals surface area contributed by atoms with E-state index in [-0.39, 0.29) is 49.5 Å². The molecule has 2 aromatic rings. The topological polar surface area (TPSA) is 166 Å². The smallest absolute Gasteiger partial charge is 0.407 e. The SMILES string of the molecule is CC(C)C[C@H](NC(=O)CC(O)[C@H](CC(C)C)NC(=O)CCC(O)[C@H](CC(C)C)NC(=O)OCc1ccccc1)C(=O)NCc1ccccc1. The van der Waals surface area contributed by atoms with Gasteiger partial charge in [-0.1, -0.05) is 102 Å². The predicted octanol–water partition coefficient (Wildman–Crippen LogP) is 4.60. The second-order valence-electron chi connectivity index (χ2n) is 14.1. The summed E-state index contributed by atoms with van der Waals surface area (Å²) < 4.78 is 5.33. The maximum atomic E-state index is 13.1. The molecule has 0 saturated heterocycles. The minimum absolute atomic E-state index is 0.0535. The Labute approximate surface area is 292 Å². The van der Waals surface area contributed by atoms with Gasteiger partial charge in [-0.3, -0.25) is 14.4 Å². The molecule has 0 aliphatic rings. The highest BCUT2D eigenvalue weighted by Gasteiger charge is 2.29. The first-order valence-electron chi connectivity index (χ1n) is 17.5. The van der Waals surface area contributed by atoms with Crippen molar-refractivity contribution in [2.45, 2.75) is 124 Å². The van der Waals surface area contributed by atoms with Crippen LogP contribution in [0.5, 0.6) is 0 Å².